The number of benzene rings is 2. The number of para-hydroxylation sites is 2. The third kappa shape index (κ3) is 2.57. The Labute approximate surface area is 129 Å². The molecule has 1 aliphatic rings. The van der Waals surface area contributed by atoms with E-state index < -0.39 is 0 Å². The predicted octanol–water partition coefficient (Wildman–Crippen LogP) is 3.38. The van der Waals surface area contributed by atoms with Gasteiger partial charge in [-0.05, 0) is 43.3 Å². The molecular formula is C17H19N3O2. The van der Waals surface area contributed by atoms with E-state index in [0.29, 0.717) is 19.7 Å². The highest BCUT2D eigenvalue weighted by molar-refractivity contribution is 5.95. The molecule has 2 aromatic rings. The summed E-state index contributed by atoms with van der Waals surface area (Å²) in [4.78, 5) is 16.0. The first-order valence-electron chi connectivity index (χ1n) is 7.37. The number of fused-ring (bicyclic) bond motifs is 1. The van der Waals surface area contributed by atoms with Gasteiger partial charge in [-0.15, -0.1) is 0 Å². The molecule has 1 amide bonds. The second-order valence-corrected chi connectivity index (χ2v) is 5.08. The maximum Gasteiger partial charge on any atom is 0.414 e. The summed E-state index contributed by atoms with van der Waals surface area (Å²) in [6.45, 7) is 3.48. The molecule has 2 aromatic carbocycles. The van der Waals surface area contributed by atoms with Crippen LogP contribution in [0.1, 0.15) is 6.92 Å². The number of amides is 1. The normalized spacial score (nSPS) is 13.7. The van der Waals surface area contributed by atoms with Gasteiger partial charge < -0.3 is 15.4 Å². The van der Waals surface area contributed by atoms with Gasteiger partial charge in [0.2, 0.25) is 0 Å². The average Bonchev–Trinajstić information content (AvgIpc) is 2.55. The van der Waals surface area contributed by atoms with Gasteiger partial charge in [0.15, 0.2) is 0 Å². The van der Waals surface area contributed by atoms with E-state index in [1.807, 2.05) is 55.5 Å². The monoisotopic (exact) mass is 297 g/mol. The molecule has 3 rings (SSSR count). The van der Waals surface area contributed by atoms with E-state index in [9.17, 15) is 4.79 Å². The summed E-state index contributed by atoms with van der Waals surface area (Å²) in [5.74, 6) is 0. The van der Waals surface area contributed by atoms with E-state index in [-0.39, 0.29) is 6.09 Å². The van der Waals surface area contributed by atoms with Gasteiger partial charge in [0.1, 0.15) is 0 Å². The fourth-order valence-electron chi connectivity index (χ4n) is 2.68. The molecule has 0 bridgehead atoms. The van der Waals surface area contributed by atoms with Crippen molar-refractivity contribution < 1.29 is 9.53 Å². The van der Waals surface area contributed by atoms with Crippen LogP contribution < -0.4 is 15.5 Å². The number of anilines is 4. The lowest BCUT2D eigenvalue weighted by atomic mass is 10.1. The summed E-state index contributed by atoms with van der Waals surface area (Å²) in [6.07, 6.45) is -0.299. The quantitative estimate of drug-likeness (QED) is 0.863. The first-order valence-corrected chi connectivity index (χ1v) is 7.37. The van der Waals surface area contributed by atoms with Crippen molar-refractivity contribution in [2.45, 2.75) is 6.92 Å². The maximum absolute atomic E-state index is 12.1. The highest BCUT2D eigenvalue weighted by atomic mass is 16.6. The Morgan fingerprint density at radius 3 is 2.45 bits per heavy atom. The Morgan fingerprint density at radius 2 is 1.77 bits per heavy atom. The molecule has 114 valence electrons. The molecule has 5 heteroatoms. The number of rotatable bonds is 2. The standard InChI is InChI=1S/C17H19N3O2/c1-2-22-17(21)20-12-11-19(14-9-7-13(18)8-10-14)15-5-3-4-6-16(15)20/h3-10H,2,11-12,18H2,1H3. The summed E-state index contributed by atoms with van der Waals surface area (Å²) in [5, 5.41) is 0. The van der Waals surface area contributed by atoms with Crippen molar-refractivity contribution >= 4 is 28.8 Å². The molecule has 22 heavy (non-hydrogen) atoms. The molecule has 1 aliphatic heterocycles. The number of nitrogens with two attached hydrogens (primary N) is 1. The molecule has 0 atom stereocenters. The van der Waals surface area contributed by atoms with E-state index in [1.165, 1.54) is 0 Å². The molecule has 5 nitrogen and oxygen atoms in total. The second kappa shape index (κ2) is 5.97. The van der Waals surface area contributed by atoms with E-state index in [1.54, 1.807) is 4.90 Å². The number of hydrogen-bond donors (Lipinski definition) is 1. The molecular weight excluding hydrogens is 278 g/mol. The SMILES string of the molecule is CCOC(=O)N1CCN(c2ccc(N)cc2)c2ccccc21. The minimum atomic E-state index is -0.299. The second-order valence-electron chi connectivity index (χ2n) is 5.08. The lowest BCUT2D eigenvalue weighted by Crippen LogP contribution is -2.42. The van der Waals surface area contributed by atoms with Crippen LogP contribution in [-0.4, -0.2) is 25.8 Å². The van der Waals surface area contributed by atoms with Gasteiger partial charge in [0.25, 0.3) is 0 Å². The van der Waals surface area contributed by atoms with E-state index in [0.717, 1.165) is 22.7 Å². The minimum Gasteiger partial charge on any atom is -0.449 e. The number of hydrogen-bond acceptors (Lipinski definition) is 4. The lowest BCUT2D eigenvalue weighted by Gasteiger charge is -2.37. The molecule has 0 fully saturated rings. The average molecular weight is 297 g/mol. The van der Waals surface area contributed by atoms with Crippen LogP contribution in [0.25, 0.3) is 0 Å². The highest BCUT2D eigenvalue weighted by Gasteiger charge is 2.27. The highest BCUT2D eigenvalue weighted by Crippen LogP contribution is 2.37. The van der Waals surface area contributed by atoms with Crippen LogP contribution in [0.4, 0.5) is 27.5 Å². The largest absolute Gasteiger partial charge is 0.449 e. The lowest BCUT2D eigenvalue weighted by molar-refractivity contribution is 0.159. The molecule has 0 saturated heterocycles. The molecule has 0 aliphatic carbocycles. The smallest absolute Gasteiger partial charge is 0.414 e. The number of nitrogens with zero attached hydrogens (tertiary/aromatic N) is 2. The Bertz CT molecular complexity index is 670. The minimum absolute atomic E-state index is 0.299. The fourth-order valence-corrected chi connectivity index (χ4v) is 2.68. The molecule has 0 aromatic heterocycles. The molecule has 0 radical (unpaired) electrons. The number of ether oxygens (including phenoxy) is 1. The Hall–Kier alpha value is -2.69. The van der Waals surface area contributed by atoms with Crippen LogP contribution in [0, 0.1) is 0 Å². The molecule has 0 saturated carbocycles. The van der Waals surface area contributed by atoms with E-state index in [2.05, 4.69) is 4.90 Å². The van der Waals surface area contributed by atoms with Crippen molar-refractivity contribution in [1.82, 2.24) is 0 Å². The van der Waals surface area contributed by atoms with Gasteiger partial charge in [-0.2, -0.15) is 0 Å². The van der Waals surface area contributed by atoms with E-state index >= 15 is 0 Å². The first-order chi connectivity index (χ1) is 10.7. The third-order valence-corrected chi connectivity index (χ3v) is 3.70. The predicted molar refractivity (Wildman–Crippen MR) is 88.7 cm³/mol. The Kier molecular flexibility index (Phi) is 3.87. The van der Waals surface area contributed by atoms with Crippen molar-refractivity contribution in [3.8, 4) is 0 Å². The summed E-state index contributed by atoms with van der Waals surface area (Å²) >= 11 is 0. The van der Waals surface area contributed by atoms with Gasteiger partial charge in [-0.1, -0.05) is 12.1 Å². The van der Waals surface area contributed by atoms with Crippen molar-refractivity contribution in [3.05, 3.63) is 48.5 Å². The van der Waals surface area contributed by atoms with E-state index in [4.69, 9.17) is 10.5 Å². The van der Waals surface area contributed by atoms with Gasteiger partial charge in [0, 0.05) is 24.5 Å². The molecule has 0 unspecified atom stereocenters. The summed E-state index contributed by atoms with van der Waals surface area (Å²) in [7, 11) is 0. The number of nitrogen functional groups attached to an aromatic ring is 1. The molecule has 2 N–H and O–H groups in total. The van der Waals surface area contributed by atoms with Gasteiger partial charge in [0.05, 0.1) is 18.0 Å². The van der Waals surface area contributed by atoms with Gasteiger partial charge in [-0.3, -0.25) is 4.90 Å². The third-order valence-electron chi connectivity index (χ3n) is 3.70. The zero-order valence-electron chi connectivity index (χ0n) is 12.5. The maximum atomic E-state index is 12.1. The van der Waals surface area contributed by atoms with Crippen LogP contribution in [0.15, 0.2) is 48.5 Å². The van der Waals surface area contributed by atoms with Crippen molar-refractivity contribution in [2.75, 3.05) is 35.2 Å². The molecule has 0 spiro atoms. The van der Waals surface area contributed by atoms with Crippen LogP contribution in [0.5, 0.6) is 0 Å². The van der Waals surface area contributed by atoms with Crippen LogP contribution in [0.2, 0.25) is 0 Å². The van der Waals surface area contributed by atoms with Crippen LogP contribution in [-0.2, 0) is 4.74 Å². The van der Waals surface area contributed by atoms with Gasteiger partial charge >= 0.3 is 6.09 Å². The summed E-state index contributed by atoms with van der Waals surface area (Å²) < 4.78 is 5.15. The Balaban J connectivity index is 1.97. The van der Waals surface area contributed by atoms with Crippen molar-refractivity contribution in [2.24, 2.45) is 0 Å². The van der Waals surface area contributed by atoms with Crippen molar-refractivity contribution in [3.63, 3.8) is 0 Å². The van der Waals surface area contributed by atoms with Crippen LogP contribution >= 0.6 is 0 Å². The van der Waals surface area contributed by atoms with Crippen molar-refractivity contribution in [1.29, 1.82) is 0 Å². The molecule has 1 heterocycles. The fraction of sp³-hybridized carbons (Fsp3) is 0.235. The zero-order chi connectivity index (χ0) is 15.5. The summed E-state index contributed by atoms with van der Waals surface area (Å²) in [6, 6.07) is 15.6. The first kappa shape index (κ1) is 14.3. The van der Waals surface area contributed by atoms with Crippen LogP contribution in [0.3, 0.4) is 0 Å². The van der Waals surface area contributed by atoms with Gasteiger partial charge in [-0.25, -0.2) is 4.79 Å². The zero-order valence-corrected chi connectivity index (χ0v) is 12.5. The Morgan fingerprint density at radius 1 is 1.09 bits per heavy atom. The number of carbonyl (C=O) groups excluding carboxylic acids is 1. The number of carbonyl (C=O) groups is 1. The summed E-state index contributed by atoms with van der Waals surface area (Å²) in [5.41, 5.74) is 9.41. The topological polar surface area (TPSA) is 58.8 Å².